The Kier molecular flexibility index (Phi) is 10.3. The fourth-order valence-electron chi connectivity index (χ4n) is 2.57. The van der Waals surface area contributed by atoms with E-state index < -0.39 is 0 Å². The Morgan fingerprint density at radius 3 is 2.04 bits per heavy atom. The molecule has 0 N–H and O–H groups in total. The van der Waals surface area contributed by atoms with E-state index in [4.69, 9.17) is 25.8 Å². The van der Waals surface area contributed by atoms with Crippen LogP contribution in [0, 0.1) is 6.92 Å². The zero-order valence-electron chi connectivity index (χ0n) is 16.5. The Morgan fingerprint density at radius 2 is 1.56 bits per heavy atom. The molecule has 0 amide bonds. The van der Waals surface area contributed by atoms with Crippen LogP contribution in [0.25, 0.3) is 0 Å². The van der Waals surface area contributed by atoms with E-state index in [1.54, 1.807) is 6.07 Å². The molecule has 141 valence electrons. The normalized spacial score (nSPS) is 10.6. The molecule has 0 fully saturated rings. The molecule has 2 aromatic carbocycles. The first-order valence-corrected chi connectivity index (χ1v) is 10.0. The molecule has 2 aromatic rings. The number of hydrogen-bond acceptors (Lipinski definition) is 4. The molecule has 0 bridgehead atoms. The largest absolute Gasteiger partial charge is 0.494 e. The average molecular weight is 402 g/mol. The summed E-state index contributed by atoms with van der Waals surface area (Å²) in [4.78, 5) is 13.0. The van der Waals surface area contributed by atoms with Crippen molar-refractivity contribution in [3.05, 3.63) is 46.5 Å². The van der Waals surface area contributed by atoms with Crippen LogP contribution >= 0.6 is 20.2 Å². The molecular weight excluding hydrogens is 378 g/mol. The summed E-state index contributed by atoms with van der Waals surface area (Å²) in [6, 6.07) is 9.08. The number of halogens is 1. The second kappa shape index (κ2) is 11.6. The van der Waals surface area contributed by atoms with E-state index in [0.29, 0.717) is 47.7 Å². The van der Waals surface area contributed by atoms with Gasteiger partial charge in [0.2, 0.25) is 0 Å². The monoisotopic (exact) mass is 401 g/mol. The van der Waals surface area contributed by atoms with E-state index in [9.17, 15) is 4.79 Å². The number of carbonyl (C=O) groups excluding carboxylic acids is 1. The Hall–Kier alpha value is -1.17. The van der Waals surface area contributed by atoms with Crippen molar-refractivity contribution in [2.24, 2.45) is 0 Å². The van der Waals surface area contributed by atoms with Crippen molar-refractivity contribution in [2.45, 2.75) is 27.7 Å². The van der Waals surface area contributed by atoms with E-state index in [1.807, 2.05) is 52.0 Å². The second-order valence-electron chi connectivity index (χ2n) is 5.48. The zero-order chi connectivity index (χ0) is 19.1. The third-order valence-corrected chi connectivity index (χ3v) is 5.17. The Bertz CT molecular complexity index is 735. The Balaban J connectivity index is 0.00000364. The maximum atomic E-state index is 13.0. The molecule has 0 spiro atoms. The maximum Gasteiger partial charge on any atom is 0.187 e. The van der Waals surface area contributed by atoms with Gasteiger partial charge < -0.3 is 14.2 Å². The third-order valence-electron chi connectivity index (χ3n) is 3.64. The number of hydrogen-bond donors (Lipinski definition) is 0. The van der Waals surface area contributed by atoms with Crippen molar-refractivity contribution in [2.75, 3.05) is 19.8 Å². The quantitative estimate of drug-likeness (QED) is 0.455. The summed E-state index contributed by atoms with van der Waals surface area (Å²) < 4.78 is 17.1. The summed E-state index contributed by atoms with van der Waals surface area (Å²) >= 11 is 6.26. The Labute approximate surface area is 179 Å². The van der Waals surface area contributed by atoms with Crippen molar-refractivity contribution in [1.82, 2.24) is 0 Å². The fourth-order valence-corrected chi connectivity index (χ4v) is 4.18. The van der Waals surface area contributed by atoms with E-state index in [-0.39, 0.29) is 33.0 Å². The van der Waals surface area contributed by atoms with Crippen LogP contribution in [-0.2, 0) is 0 Å². The molecule has 0 aliphatic carbocycles. The van der Waals surface area contributed by atoms with Gasteiger partial charge in [0, 0.05) is 36.6 Å². The molecule has 4 nitrogen and oxygen atoms in total. The first-order chi connectivity index (χ1) is 12.5. The fraction of sp³-hybridized carbons (Fsp3) is 0.350. The van der Waals surface area contributed by atoms with E-state index in [2.05, 4.69) is 0 Å². The van der Waals surface area contributed by atoms with Crippen LogP contribution in [0.15, 0.2) is 30.3 Å². The Morgan fingerprint density at radius 1 is 1.00 bits per heavy atom. The van der Waals surface area contributed by atoms with Gasteiger partial charge in [-0.2, -0.15) is 0 Å². The number of ether oxygens (including phenoxy) is 3. The van der Waals surface area contributed by atoms with Crippen LogP contribution in [0.4, 0.5) is 0 Å². The molecular formula is C20H24ClLiO4P. The summed E-state index contributed by atoms with van der Waals surface area (Å²) in [5, 5.41) is 1.20. The molecule has 1 unspecified atom stereocenters. The molecule has 2 rings (SSSR count). The number of benzene rings is 2. The molecule has 0 saturated heterocycles. The minimum atomic E-state index is -0.165. The number of aryl methyl sites for hydroxylation is 1. The molecule has 0 aliphatic heterocycles. The molecule has 7 heteroatoms. The van der Waals surface area contributed by atoms with Crippen molar-refractivity contribution in [3.8, 4) is 17.2 Å². The second-order valence-corrected chi connectivity index (χ2v) is 7.09. The predicted octanol–water partition coefficient (Wildman–Crippen LogP) is 4.61. The summed E-state index contributed by atoms with van der Waals surface area (Å²) in [6.45, 7) is 9.11. The van der Waals surface area contributed by atoms with Crippen LogP contribution in [0.5, 0.6) is 17.2 Å². The van der Waals surface area contributed by atoms with Gasteiger partial charge in [-0.1, -0.05) is 23.7 Å². The van der Waals surface area contributed by atoms with Gasteiger partial charge in [0.15, 0.2) is 5.52 Å². The summed E-state index contributed by atoms with van der Waals surface area (Å²) in [5.74, 6) is 1.88. The van der Waals surface area contributed by atoms with Gasteiger partial charge in [-0.25, -0.2) is 0 Å². The zero-order valence-corrected chi connectivity index (χ0v) is 18.3. The summed E-state index contributed by atoms with van der Waals surface area (Å²) in [6.07, 6.45) is 0. The van der Waals surface area contributed by atoms with E-state index in [0.717, 1.165) is 10.9 Å². The maximum absolute atomic E-state index is 13.0. The van der Waals surface area contributed by atoms with Crippen molar-refractivity contribution < 1.29 is 19.0 Å². The molecule has 0 heterocycles. The van der Waals surface area contributed by atoms with Gasteiger partial charge in [-0.05, 0) is 47.9 Å². The molecule has 0 saturated carbocycles. The van der Waals surface area contributed by atoms with Gasteiger partial charge >= 0.3 is 0 Å². The van der Waals surface area contributed by atoms with Crippen LogP contribution in [0.1, 0.15) is 36.7 Å². The van der Waals surface area contributed by atoms with Crippen molar-refractivity contribution in [3.63, 3.8) is 0 Å². The van der Waals surface area contributed by atoms with E-state index in [1.165, 1.54) is 0 Å². The average Bonchev–Trinajstić information content (AvgIpc) is 2.58. The number of rotatable bonds is 9. The van der Waals surface area contributed by atoms with E-state index >= 15 is 0 Å². The third kappa shape index (κ3) is 6.16. The molecule has 0 aliphatic rings. The molecule has 27 heavy (non-hydrogen) atoms. The topological polar surface area (TPSA) is 44.8 Å². The SMILES string of the molecule is CCOc1cc(OCC)c(PC(=O)c2c(C)cccc2Cl)c(OCC)c1.[Li]. The van der Waals surface area contributed by atoms with Crippen LogP contribution in [0.2, 0.25) is 5.02 Å². The molecule has 1 atom stereocenters. The standard InChI is InChI=1S/C20H24ClO4P.Li/c1-5-23-14-11-16(24-6-2)19(17(12-14)25-7-3)26-20(22)18-13(4)9-8-10-15(18)21;/h8-12,26H,5-7H2,1-4H3;. The minimum Gasteiger partial charge on any atom is -0.494 e. The van der Waals surface area contributed by atoms with Crippen LogP contribution < -0.4 is 19.5 Å². The van der Waals surface area contributed by atoms with Crippen molar-refractivity contribution >= 4 is 49.9 Å². The van der Waals surface area contributed by atoms with Gasteiger partial charge in [0.25, 0.3) is 0 Å². The van der Waals surface area contributed by atoms with Gasteiger partial charge in [-0.15, -0.1) is 0 Å². The van der Waals surface area contributed by atoms with Crippen LogP contribution in [-0.4, -0.2) is 44.2 Å². The molecule has 1 radical (unpaired) electrons. The molecule has 0 aromatic heterocycles. The number of carbonyl (C=O) groups is 1. The van der Waals surface area contributed by atoms with Gasteiger partial charge in [0.05, 0.1) is 30.1 Å². The van der Waals surface area contributed by atoms with Gasteiger partial charge in [-0.3, -0.25) is 4.79 Å². The first kappa shape index (κ1) is 23.9. The minimum absolute atomic E-state index is 0. The summed E-state index contributed by atoms with van der Waals surface area (Å²) in [5.41, 5.74) is 1.36. The first-order valence-electron chi connectivity index (χ1n) is 8.64. The predicted molar refractivity (Wildman–Crippen MR) is 114 cm³/mol. The van der Waals surface area contributed by atoms with Gasteiger partial charge in [0.1, 0.15) is 17.2 Å². The van der Waals surface area contributed by atoms with Crippen molar-refractivity contribution in [1.29, 1.82) is 0 Å². The summed E-state index contributed by atoms with van der Waals surface area (Å²) in [7, 11) is -0.165. The smallest absolute Gasteiger partial charge is 0.187 e. The van der Waals surface area contributed by atoms with Crippen LogP contribution in [0.3, 0.4) is 0 Å².